The van der Waals surface area contributed by atoms with Gasteiger partial charge in [-0.25, -0.2) is 0 Å². The lowest BCUT2D eigenvalue weighted by Crippen LogP contribution is -2.35. The highest BCUT2D eigenvalue weighted by Gasteiger charge is 2.16. The molecule has 1 aliphatic heterocycles. The molecule has 1 saturated heterocycles. The van der Waals surface area contributed by atoms with Crippen LogP contribution in [0.2, 0.25) is 0 Å². The van der Waals surface area contributed by atoms with E-state index in [1.165, 1.54) is 0 Å². The number of carboxylic acid groups (broad SMARTS) is 1. The van der Waals surface area contributed by atoms with E-state index in [4.69, 9.17) is 14.4 Å². The van der Waals surface area contributed by atoms with Gasteiger partial charge in [0, 0.05) is 19.2 Å². The molecule has 0 bridgehead atoms. The van der Waals surface area contributed by atoms with E-state index in [9.17, 15) is 4.79 Å². The second kappa shape index (κ2) is 4.31. The van der Waals surface area contributed by atoms with Crippen LogP contribution in [0.25, 0.3) is 0 Å². The van der Waals surface area contributed by atoms with E-state index in [0.717, 1.165) is 13.1 Å². The van der Waals surface area contributed by atoms with Gasteiger partial charge in [0.1, 0.15) is 0 Å². The minimum absolute atomic E-state index is 0.103. The second-order valence-corrected chi connectivity index (χ2v) is 3.33. The van der Waals surface area contributed by atoms with Crippen LogP contribution in [-0.2, 0) is 16.0 Å². The number of aliphatic carboxylic acids is 1. The van der Waals surface area contributed by atoms with Gasteiger partial charge in [-0.15, -0.1) is 0 Å². The Morgan fingerprint density at radius 1 is 1.53 bits per heavy atom. The fourth-order valence-corrected chi connectivity index (χ4v) is 1.47. The average Bonchev–Trinajstić information content (AvgIpc) is 2.67. The van der Waals surface area contributed by atoms with E-state index < -0.39 is 5.97 Å². The van der Waals surface area contributed by atoms with E-state index in [1.807, 2.05) is 4.90 Å². The molecule has 1 N–H and O–H groups in total. The van der Waals surface area contributed by atoms with Crippen molar-refractivity contribution in [2.24, 2.45) is 0 Å². The molecular weight excluding hydrogens is 200 g/mol. The minimum Gasteiger partial charge on any atom is -0.481 e. The molecule has 0 radical (unpaired) electrons. The Bertz CT molecular complexity index is 344. The topological polar surface area (TPSA) is 75.8 Å². The summed E-state index contributed by atoms with van der Waals surface area (Å²) in [6, 6.07) is 1.67. The predicted octanol–water partition coefficient (Wildman–Crippen LogP) is 0.138. The highest BCUT2D eigenvalue weighted by molar-refractivity contribution is 5.69. The maximum Gasteiger partial charge on any atom is 0.309 e. The zero-order chi connectivity index (χ0) is 10.7. The highest BCUT2D eigenvalue weighted by atomic mass is 16.5. The van der Waals surface area contributed by atoms with Gasteiger partial charge in [-0.05, 0) is 0 Å². The summed E-state index contributed by atoms with van der Waals surface area (Å²) in [6.07, 6.45) is -0.103. The van der Waals surface area contributed by atoms with Crippen molar-refractivity contribution in [3.63, 3.8) is 0 Å². The first-order valence-electron chi connectivity index (χ1n) is 4.76. The van der Waals surface area contributed by atoms with Crippen molar-refractivity contribution >= 4 is 11.9 Å². The highest BCUT2D eigenvalue weighted by Crippen LogP contribution is 2.17. The molecule has 0 spiro atoms. The van der Waals surface area contributed by atoms with Crippen molar-refractivity contribution in [3.05, 3.63) is 11.8 Å². The number of anilines is 1. The molecule has 2 heterocycles. The lowest BCUT2D eigenvalue weighted by Gasteiger charge is -2.25. The van der Waals surface area contributed by atoms with Crippen molar-refractivity contribution in [3.8, 4) is 0 Å². The van der Waals surface area contributed by atoms with Gasteiger partial charge in [-0.2, -0.15) is 0 Å². The lowest BCUT2D eigenvalue weighted by atomic mass is 10.3. The Kier molecular flexibility index (Phi) is 2.86. The molecule has 0 saturated carbocycles. The summed E-state index contributed by atoms with van der Waals surface area (Å²) < 4.78 is 10.3. The summed E-state index contributed by atoms with van der Waals surface area (Å²) in [6.45, 7) is 2.83. The third-order valence-electron chi connectivity index (χ3n) is 2.20. The second-order valence-electron chi connectivity index (χ2n) is 3.33. The van der Waals surface area contributed by atoms with Crippen LogP contribution in [-0.4, -0.2) is 42.5 Å². The van der Waals surface area contributed by atoms with Gasteiger partial charge < -0.3 is 19.3 Å². The van der Waals surface area contributed by atoms with Crippen LogP contribution < -0.4 is 4.90 Å². The minimum atomic E-state index is -0.906. The molecule has 0 aromatic carbocycles. The molecule has 1 aromatic rings. The van der Waals surface area contributed by atoms with Gasteiger partial charge in [0.05, 0.1) is 25.3 Å². The lowest BCUT2D eigenvalue weighted by molar-refractivity contribution is -0.136. The molecule has 2 rings (SSSR count). The third-order valence-corrected chi connectivity index (χ3v) is 2.20. The molecule has 0 aliphatic carbocycles. The summed E-state index contributed by atoms with van der Waals surface area (Å²) in [7, 11) is 0. The summed E-state index contributed by atoms with van der Waals surface area (Å²) in [5, 5.41) is 12.3. The van der Waals surface area contributed by atoms with Crippen LogP contribution in [0, 0.1) is 0 Å². The van der Waals surface area contributed by atoms with Crippen molar-refractivity contribution in [1.82, 2.24) is 5.16 Å². The van der Waals surface area contributed by atoms with Gasteiger partial charge in [0.15, 0.2) is 0 Å². The zero-order valence-electron chi connectivity index (χ0n) is 8.18. The predicted molar refractivity (Wildman–Crippen MR) is 50.9 cm³/mol. The Hall–Kier alpha value is -1.56. The summed E-state index contributed by atoms with van der Waals surface area (Å²) >= 11 is 0. The molecule has 6 heteroatoms. The standard InChI is InChI=1S/C9H12N2O4/c12-9(13)6-7-5-8(15-10-7)11-1-3-14-4-2-11/h5H,1-4,6H2,(H,12,13). The molecule has 82 valence electrons. The Labute approximate surface area is 86.4 Å². The Morgan fingerprint density at radius 3 is 2.93 bits per heavy atom. The summed E-state index contributed by atoms with van der Waals surface area (Å²) in [5.74, 6) is -0.286. The largest absolute Gasteiger partial charge is 0.481 e. The van der Waals surface area contributed by atoms with E-state index in [1.54, 1.807) is 6.07 Å². The number of hydrogen-bond donors (Lipinski definition) is 1. The Balaban J connectivity index is 2.02. The fourth-order valence-electron chi connectivity index (χ4n) is 1.47. The molecule has 15 heavy (non-hydrogen) atoms. The van der Waals surface area contributed by atoms with Crippen molar-refractivity contribution in [2.45, 2.75) is 6.42 Å². The third kappa shape index (κ3) is 2.47. The van der Waals surface area contributed by atoms with Gasteiger partial charge >= 0.3 is 5.97 Å². The Morgan fingerprint density at radius 2 is 2.27 bits per heavy atom. The molecule has 1 fully saturated rings. The smallest absolute Gasteiger partial charge is 0.309 e. The fraction of sp³-hybridized carbons (Fsp3) is 0.556. The van der Waals surface area contributed by atoms with Crippen LogP contribution in [0.5, 0.6) is 0 Å². The SMILES string of the molecule is O=C(O)Cc1cc(N2CCOCC2)on1. The zero-order valence-corrected chi connectivity index (χ0v) is 8.18. The van der Waals surface area contributed by atoms with Crippen molar-refractivity contribution < 1.29 is 19.2 Å². The van der Waals surface area contributed by atoms with Crippen LogP contribution in [0.4, 0.5) is 5.88 Å². The maximum absolute atomic E-state index is 10.4. The summed E-state index contributed by atoms with van der Waals surface area (Å²) in [4.78, 5) is 12.4. The first-order valence-corrected chi connectivity index (χ1v) is 4.76. The number of aromatic nitrogens is 1. The molecule has 0 atom stereocenters. The number of ether oxygens (including phenoxy) is 1. The number of nitrogens with zero attached hydrogens (tertiary/aromatic N) is 2. The van der Waals surface area contributed by atoms with E-state index in [2.05, 4.69) is 5.16 Å². The van der Waals surface area contributed by atoms with E-state index >= 15 is 0 Å². The average molecular weight is 212 g/mol. The molecule has 0 amide bonds. The van der Waals surface area contributed by atoms with E-state index in [-0.39, 0.29) is 6.42 Å². The maximum atomic E-state index is 10.4. The van der Waals surface area contributed by atoms with Crippen LogP contribution in [0.3, 0.4) is 0 Å². The normalized spacial score (nSPS) is 16.7. The number of morpholine rings is 1. The summed E-state index contributed by atoms with van der Waals surface area (Å²) in [5.41, 5.74) is 0.448. The number of carbonyl (C=O) groups is 1. The van der Waals surface area contributed by atoms with Gasteiger partial charge in [-0.1, -0.05) is 5.16 Å². The number of carboxylic acids is 1. The molecule has 1 aliphatic rings. The van der Waals surface area contributed by atoms with Gasteiger partial charge in [0.2, 0.25) is 5.88 Å². The number of hydrogen-bond acceptors (Lipinski definition) is 5. The van der Waals surface area contributed by atoms with Crippen LogP contribution in [0.15, 0.2) is 10.6 Å². The van der Waals surface area contributed by atoms with Crippen molar-refractivity contribution in [1.29, 1.82) is 0 Å². The van der Waals surface area contributed by atoms with Gasteiger partial charge in [0.25, 0.3) is 0 Å². The molecule has 0 unspecified atom stereocenters. The van der Waals surface area contributed by atoms with Crippen molar-refractivity contribution in [2.75, 3.05) is 31.2 Å². The molecule has 1 aromatic heterocycles. The molecular formula is C9H12N2O4. The number of rotatable bonds is 3. The van der Waals surface area contributed by atoms with Gasteiger partial charge in [-0.3, -0.25) is 4.79 Å². The van der Waals surface area contributed by atoms with Crippen LogP contribution in [0.1, 0.15) is 5.69 Å². The van der Waals surface area contributed by atoms with Crippen LogP contribution >= 0.6 is 0 Å². The molecule has 6 nitrogen and oxygen atoms in total. The monoisotopic (exact) mass is 212 g/mol. The quantitative estimate of drug-likeness (QED) is 0.768. The first-order chi connectivity index (χ1) is 7.25. The van der Waals surface area contributed by atoms with E-state index in [0.29, 0.717) is 24.8 Å². The first kappa shape index (κ1) is 9.97.